The van der Waals surface area contributed by atoms with Gasteiger partial charge in [-0.1, -0.05) is 55.9 Å². The lowest BCUT2D eigenvalue weighted by Gasteiger charge is -2.27. The topological polar surface area (TPSA) is 63.1 Å². The van der Waals surface area contributed by atoms with E-state index in [0.717, 1.165) is 36.2 Å². The maximum Gasteiger partial charge on any atom is 0.230 e. The van der Waals surface area contributed by atoms with Crippen LogP contribution in [0.25, 0.3) is 0 Å². The lowest BCUT2D eigenvalue weighted by atomic mass is 9.97. The van der Waals surface area contributed by atoms with Crippen molar-refractivity contribution in [3.63, 3.8) is 0 Å². The van der Waals surface area contributed by atoms with Gasteiger partial charge in [0.05, 0.1) is 11.8 Å². The highest BCUT2D eigenvalue weighted by Gasteiger charge is 2.32. The molecule has 2 aromatic rings. The summed E-state index contributed by atoms with van der Waals surface area (Å²) < 4.78 is 2.28. The standard InChI is InChI=1S/C23H33N5OS/c1-17(2)15-20(18-9-5-3-6-10-18)24-21(29)16-30-23-26-25-22(28(23)19-11-12-19)27-13-7-4-8-14-27/h3,5-6,9-10,17,19-20H,4,7-8,11-16H2,1-2H3,(H,24,29). The number of hydrogen-bond acceptors (Lipinski definition) is 5. The number of piperidine rings is 1. The second-order valence-corrected chi connectivity index (χ2v) is 9.82. The fraction of sp³-hybridized carbons (Fsp3) is 0.609. The number of nitrogens with zero attached hydrogens (tertiary/aromatic N) is 4. The van der Waals surface area contributed by atoms with Crippen molar-refractivity contribution in [3.05, 3.63) is 35.9 Å². The first-order valence-electron chi connectivity index (χ1n) is 11.3. The zero-order chi connectivity index (χ0) is 20.9. The summed E-state index contributed by atoms with van der Waals surface area (Å²) in [5.74, 6) is 1.93. The number of nitrogens with one attached hydrogen (secondary N) is 1. The molecule has 1 atom stereocenters. The third kappa shape index (κ3) is 5.36. The van der Waals surface area contributed by atoms with Crippen molar-refractivity contribution in [2.24, 2.45) is 5.92 Å². The zero-order valence-corrected chi connectivity index (χ0v) is 18.9. The summed E-state index contributed by atoms with van der Waals surface area (Å²) in [6.07, 6.45) is 7.04. The average molecular weight is 428 g/mol. The summed E-state index contributed by atoms with van der Waals surface area (Å²) in [4.78, 5) is 15.2. The van der Waals surface area contributed by atoms with E-state index in [0.29, 0.717) is 17.7 Å². The van der Waals surface area contributed by atoms with Gasteiger partial charge in [0.2, 0.25) is 11.9 Å². The molecule has 1 unspecified atom stereocenters. The molecule has 2 aliphatic rings. The van der Waals surface area contributed by atoms with Crippen LogP contribution in [0.1, 0.15) is 70.0 Å². The molecule has 0 radical (unpaired) electrons. The average Bonchev–Trinajstić information content (AvgIpc) is 3.51. The van der Waals surface area contributed by atoms with Gasteiger partial charge in [0.25, 0.3) is 0 Å². The molecule has 4 rings (SSSR count). The molecular formula is C23H33N5OS. The van der Waals surface area contributed by atoms with Crippen LogP contribution in [0.15, 0.2) is 35.5 Å². The molecule has 1 aliphatic heterocycles. The molecule has 2 fully saturated rings. The Morgan fingerprint density at radius 2 is 1.87 bits per heavy atom. The van der Waals surface area contributed by atoms with E-state index in [1.54, 1.807) is 0 Å². The predicted molar refractivity (Wildman–Crippen MR) is 122 cm³/mol. The van der Waals surface area contributed by atoms with Crippen molar-refractivity contribution in [1.29, 1.82) is 0 Å². The van der Waals surface area contributed by atoms with Crippen molar-refractivity contribution in [1.82, 2.24) is 20.1 Å². The molecule has 1 saturated carbocycles. The molecule has 162 valence electrons. The Morgan fingerprint density at radius 3 is 2.53 bits per heavy atom. The molecule has 1 N–H and O–H groups in total. The third-order valence-corrected chi connectivity index (χ3v) is 6.72. The van der Waals surface area contributed by atoms with Crippen molar-refractivity contribution in [3.8, 4) is 0 Å². The molecule has 1 amide bonds. The number of hydrogen-bond donors (Lipinski definition) is 1. The van der Waals surface area contributed by atoms with E-state index < -0.39 is 0 Å². The van der Waals surface area contributed by atoms with Crippen LogP contribution in [0.4, 0.5) is 5.95 Å². The molecule has 2 heterocycles. The van der Waals surface area contributed by atoms with Crippen molar-refractivity contribution in [2.75, 3.05) is 23.7 Å². The molecular weight excluding hydrogens is 394 g/mol. The fourth-order valence-corrected chi connectivity index (χ4v) is 4.94. The lowest BCUT2D eigenvalue weighted by molar-refractivity contribution is -0.119. The minimum Gasteiger partial charge on any atom is -0.349 e. The van der Waals surface area contributed by atoms with Crippen molar-refractivity contribution < 1.29 is 4.79 Å². The van der Waals surface area contributed by atoms with E-state index in [1.165, 1.54) is 43.9 Å². The van der Waals surface area contributed by atoms with Crippen LogP contribution in [-0.2, 0) is 4.79 Å². The largest absolute Gasteiger partial charge is 0.349 e. The summed E-state index contributed by atoms with van der Waals surface area (Å²) >= 11 is 1.52. The molecule has 6 nitrogen and oxygen atoms in total. The summed E-state index contributed by atoms with van der Waals surface area (Å²) in [5, 5.41) is 13.1. The van der Waals surface area contributed by atoms with Crippen LogP contribution >= 0.6 is 11.8 Å². The number of rotatable bonds is 9. The molecule has 0 spiro atoms. The van der Waals surface area contributed by atoms with Crippen molar-refractivity contribution >= 4 is 23.6 Å². The second-order valence-electron chi connectivity index (χ2n) is 8.88. The molecule has 1 aromatic carbocycles. The highest BCUT2D eigenvalue weighted by molar-refractivity contribution is 7.99. The smallest absolute Gasteiger partial charge is 0.230 e. The van der Waals surface area contributed by atoms with Crippen LogP contribution in [0.3, 0.4) is 0 Å². The fourth-order valence-electron chi connectivity index (χ4n) is 4.13. The minimum absolute atomic E-state index is 0.0458. The van der Waals surface area contributed by atoms with Gasteiger partial charge in [0.1, 0.15) is 0 Å². The maximum absolute atomic E-state index is 12.8. The molecule has 1 aliphatic carbocycles. The first kappa shape index (κ1) is 21.2. The number of aromatic nitrogens is 3. The zero-order valence-electron chi connectivity index (χ0n) is 18.1. The Bertz CT molecular complexity index is 827. The Hall–Kier alpha value is -2.02. The van der Waals surface area contributed by atoms with Gasteiger partial charge in [-0.15, -0.1) is 10.2 Å². The van der Waals surface area contributed by atoms with E-state index in [2.05, 4.69) is 51.0 Å². The quantitative estimate of drug-likeness (QED) is 0.593. The Morgan fingerprint density at radius 1 is 1.13 bits per heavy atom. The third-order valence-electron chi connectivity index (χ3n) is 5.77. The lowest BCUT2D eigenvalue weighted by Crippen LogP contribution is -2.32. The summed E-state index contributed by atoms with van der Waals surface area (Å²) in [5.41, 5.74) is 1.16. The Balaban J connectivity index is 1.40. The number of thioether (sulfide) groups is 1. The van der Waals surface area contributed by atoms with Crippen LogP contribution in [0, 0.1) is 5.92 Å². The number of carbonyl (C=O) groups excluding carboxylic acids is 1. The molecule has 1 saturated heterocycles. The molecule has 0 bridgehead atoms. The Kier molecular flexibility index (Phi) is 6.97. The van der Waals surface area contributed by atoms with Crippen molar-refractivity contribution in [2.45, 2.75) is 69.6 Å². The highest BCUT2D eigenvalue weighted by Crippen LogP contribution is 2.41. The minimum atomic E-state index is 0.0458. The molecule has 30 heavy (non-hydrogen) atoms. The van der Waals surface area contributed by atoms with E-state index in [1.807, 2.05) is 18.2 Å². The van der Waals surface area contributed by atoms with Crippen LogP contribution in [-0.4, -0.2) is 39.5 Å². The van der Waals surface area contributed by atoms with Gasteiger partial charge in [-0.05, 0) is 50.0 Å². The van der Waals surface area contributed by atoms with Gasteiger partial charge < -0.3 is 10.2 Å². The summed E-state index contributed by atoms with van der Waals surface area (Å²) in [7, 11) is 0. The number of benzene rings is 1. The van der Waals surface area contributed by atoms with Gasteiger partial charge in [-0.25, -0.2) is 0 Å². The maximum atomic E-state index is 12.8. The van der Waals surface area contributed by atoms with Crippen LogP contribution in [0.2, 0.25) is 0 Å². The van der Waals surface area contributed by atoms with E-state index in [4.69, 9.17) is 0 Å². The van der Waals surface area contributed by atoms with E-state index in [9.17, 15) is 4.79 Å². The number of carbonyl (C=O) groups is 1. The van der Waals surface area contributed by atoms with Gasteiger partial charge in [-0.2, -0.15) is 0 Å². The van der Waals surface area contributed by atoms with E-state index in [-0.39, 0.29) is 11.9 Å². The Labute approximate surface area is 183 Å². The first-order chi connectivity index (χ1) is 14.6. The predicted octanol–water partition coefficient (Wildman–Crippen LogP) is 4.60. The molecule has 1 aromatic heterocycles. The monoisotopic (exact) mass is 427 g/mol. The van der Waals surface area contributed by atoms with Gasteiger partial charge in [0, 0.05) is 19.1 Å². The van der Waals surface area contributed by atoms with Gasteiger partial charge >= 0.3 is 0 Å². The molecule has 7 heteroatoms. The number of anilines is 1. The SMILES string of the molecule is CC(C)CC(NC(=O)CSc1nnc(N2CCCCC2)n1C1CC1)c1ccccc1. The van der Waals surface area contributed by atoms with Gasteiger partial charge in [0.15, 0.2) is 5.16 Å². The van der Waals surface area contributed by atoms with Gasteiger partial charge in [-0.3, -0.25) is 9.36 Å². The second kappa shape index (κ2) is 9.86. The van der Waals surface area contributed by atoms with Crippen LogP contribution < -0.4 is 10.2 Å². The summed E-state index contributed by atoms with van der Waals surface area (Å²) in [6, 6.07) is 10.8. The first-order valence-corrected chi connectivity index (χ1v) is 12.3. The van der Waals surface area contributed by atoms with Crippen LogP contribution in [0.5, 0.6) is 0 Å². The summed E-state index contributed by atoms with van der Waals surface area (Å²) in [6.45, 7) is 6.50. The highest BCUT2D eigenvalue weighted by atomic mass is 32.2. The van der Waals surface area contributed by atoms with E-state index >= 15 is 0 Å². The number of amides is 1. The normalized spacial score (nSPS) is 17.9.